The van der Waals surface area contributed by atoms with Crippen LogP contribution in [0.1, 0.15) is 37.8 Å². The van der Waals surface area contributed by atoms with Crippen molar-refractivity contribution in [1.29, 1.82) is 0 Å². The summed E-state index contributed by atoms with van der Waals surface area (Å²) in [5.74, 6) is 0.779. The molecule has 2 N–H and O–H groups in total. The predicted molar refractivity (Wildman–Crippen MR) is 120 cm³/mol. The molecule has 4 nitrogen and oxygen atoms in total. The lowest BCUT2D eigenvalue weighted by Crippen LogP contribution is -2.42. The van der Waals surface area contributed by atoms with Crippen LogP contribution in [0, 0.1) is 19.3 Å². The Morgan fingerprint density at radius 3 is 2.50 bits per heavy atom. The molecular formula is C22H27ClN2O2S. The fourth-order valence-corrected chi connectivity index (χ4v) is 2.98. The highest BCUT2D eigenvalue weighted by molar-refractivity contribution is 7.80. The molecule has 0 fully saturated rings. The minimum Gasteiger partial charge on any atom is -0.493 e. The second-order valence-electron chi connectivity index (χ2n) is 7.52. The highest BCUT2D eigenvalue weighted by atomic mass is 35.5. The smallest absolute Gasteiger partial charge is 0.231 e. The Bertz CT molecular complexity index is 835. The van der Waals surface area contributed by atoms with Crippen LogP contribution in [0.15, 0.2) is 42.5 Å². The molecule has 28 heavy (non-hydrogen) atoms. The number of nitrogens with one attached hydrogen (secondary N) is 2. The molecule has 6 heteroatoms. The Morgan fingerprint density at radius 1 is 1.14 bits per heavy atom. The maximum absolute atomic E-state index is 12.6. The molecule has 2 rings (SSSR count). The van der Waals surface area contributed by atoms with E-state index in [0.717, 1.165) is 23.4 Å². The van der Waals surface area contributed by atoms with Crippen molar-refractivity contribution in [2.75, 3.05) is 11.9 Å². The third-order valence-electron chi connectivity index (χ3n) is 4.49. The van der Waals surface area contributed by atoms with Crippen molar-refractivity contribution in [3.63, 3.8) is 0 Å². The first kappa shape index (κ1) is 22.2. The predicted octanol–water partition coefficient (Wildman–Crippen LogP) is 5.66. The molecule has 0 spiro atoms. The number of carbonyl (C=O) groups is 1. The van der Waals surface area contributed by atoms with E-state index in [1.807, 2.05) is 33.8 Å². The molecule has 0 radical (unpaired) electrons. The molecule has 0 saturated carbocycles. The van der Waals surface area contributed by atoms with Gasteiger partial charge in [-0.1, -0.05) is 37.6 Å². The zero-order valence-corrected chi connectivity index (χ0v) is 18.3. The Labute approximate surface area is 177 Å². The van der Waals surface area contributed by atoms with Crippen LogP contribution in [0.3, 0.4) is 0 Å². The number of ether oxygens (including phenoxy) is 1. The maximum atomic E-state index is 12.6. The van der Waals surface area contributed by atoms with Crippen molar-refractivity contribution in [1.82, 2.24) is 5.32 Å². The summed E-state index contributed by atoms with van der Waals surface area (Å²) in [4.78, 5) is 12.6. The van der Waals surface area contributed by atoms with Gasteiger partial charge < -0.3 is 15.4 Å². The molecular weight excluding hydrogens is 392 g/mol. The molecule has 0 aliphatic heterocycles. The van der Waals surface area contributed by atoms with Crippen molar-refractivity contribution >= 4 is 40.5 Å². The van der Waals surface area contributed by atoms with Gasteiger partial charge in [0.2, 0.25) is 5.91 Å². The molecule has 0 atom stereocenters. The van der Waals surface area contributed by atoms with E-state index in [1.165, 1.54) is 5.56 Å². The Hall–Kier alpha value is -2.11. The summed E-state index contributed by atoms with van der Waals surface area (Å²) in [6, 6.07) is 13.3. The highest BCUT2D eigenvalue weighted by Crippen LogP contribution is 2.24. The topological polar surface area (TPSA) is 50.4 Å². The summed E-state index contributed by atoms with van der Waals surface area (Å²) in [5, 5.41) is 6.67. The van der Waals surface area contributed by atoms with Crippen molar-refractivity contribution < 1.29 is 9.53 Å². The molecule has 0 bridgehead atoms. The van der Waals surface area contributed by atoms with Crippen LogP contribution in [0.4, 0.5) is 5.69 Å². The third kappa shape index (κ3) is 6.80. The zero-order chi connectivity index (χ0) is 20.7. The molecule has 1 amide bonds. The largest absolute Gasteiger partial charge is 0.493 e. The SMILES string of the molecule is Cc1ccc(C)c(OCCCC(C)(C)C(=O)NC(=S)Nc2ccc(Cl)cc2)c1. The highest BCUT2D eigenvalue weighted by Gasteiger charge is 2.27. The van der Waals surface area contributed by atoms with E-state index in [1.54, 1.807) is 24.3 Å². The summed E-state index contributed by atoms with van der Waals surface area (Å²) in [6.45, 7) is 8.45. The molecule has 0 aliphatic carbocycles. The number of benzene rings is 2. The van der Waals surface area contributed by atoms with Gasteiger partial charge in [-0.25, -0.2) is 0 Å². The van der Waals surface area contributed by atoms with E-state index in [9.17, 15) is 4.79 Å². The fraction of sp³-hybridized carbons (Fsp3) is 0.364. The molecule has 0 aliphatic rings. The van der Waals surface area contributed by atoms with Gasteiger partial charge in [-0.2, -0.15) is 0 Å². The van der Waals surface area contributed by atoms with Gasteiger partial charge in [0, 0.05) is 16.1 Å². The van der Waals surface area contributed by atoms with Crippen molar-refractivity contribution in [2.45, 2.75) is 40.5 Å². The number of anilines is 1. The Morgan fingerprint density at radius 2 is 1.82 bits per heavy atom. The van der Waals surface area contributed by atoms with E-state index in [4.69, 9.17) is 28.6 Å². The molecule has 2 aromatic carbocycles. The van der Waals surface area contributed by atoms with Gasteiger partial charge in [0.15, 0.2) is 5.11 Å². The first-order valence-electron chi connectivity index (χ1n) is 9.25. The van der Waals surface area contributed by atoms with Crippen LogP contribution in [0.25, 0.3) is 0 Å². The van der Waals surface area contributed by atoms with Crippen molar-refractivity contribution in [2.24, 2.45) is 5.41 Å². The van der Waals surface area contributed by atoms with Crippen LogP contribution in [-0.2, 0) is 4.79 Å². The van der Waals surface area contributed by atoms with Gasteiger partial charge in [-0.3, -0.25) is 4.79 Å². The molecule has 0 saturated heterocycles. The summed E-state index contributed by atoms with van der Waals surface area (Å²) in [5.41, 5.74) is 2.49. The molecule has 0 heterocycles. The number of carbonyl (C=O) groups excluding carboxylic acids is 1. The summed E-state index contributed by atoms with van der Waals surface area (Å²) in [6.07, 6.45) is 1.46. The van der Waals surface area contributed by atoms with Crippen LogP contribution in [0.5, 0.6) is 5.75 Å². The lowest BCUT2D eigenvalue weighted by Gasteiger charge is -2.24. The number of halogens is 1. The van der Waals surface area contributed by atoms with Crippen molar-refractivity contribution in [3.05, 3.63) is 58.6 Å². The molecule has 0 unspecified atom stereocenters. The summed E-state index contributed by atoms with van der Waals surface area (Å²) >= 11 is 11.1. The lowest BCUT2D eigenvalue weighted by molar-refractivity contribution is -0.128. The average molecular weight is 419 g/mol. The van der Waals surface area contributed by atoms with Gasteiger partial charge in [-0.05, 0) is 80.4 Å². The molecule has 150 valence electrons. The van der Waals surface area contributed by atoms with E-state index in [-0.39, 0.29) is 11.0 Å². The van der Waals surface area contributed by atoms with Crippen molar-refractivity contribution in [3.8, 4) is 5.75 Å². The zero-order valence-electron chi connectivity index (χ0n) is 16.8. The number of hydrogen-bond acceptors (Lipinski definition) is 3. The van der Waals surface area contributed by atoms with Crippen LogP contribution in [0.2, 0.25) is 5.02 Å². The van der Waals surface area contributed by atoms with Gasteiger partial charge in [0.25, 0.3) is 0 Å². The quantitative estimate of drug-likeness (QED) is 0.450. The standard InChI is InChI=1S/C22H27ClN2O2S/c1-15-6-7-16(2)19(14-15)27-13-5-12-22(3,4)20(26)25-21(28)24-18-10-8-17(23)9-11-18/h6-11,14H,5,12-13H2,1-4H3,(H2,24,25,26,28). The van der Waals surface area contributed by atoms with Gasteiger partial charge in [0.05, 0.1) is 6.61 Å². The second kappa shape index (κ2) is 9.89. The average Bonchev–Trinajstić information content (AvgIpc) is 2.63. The minimum atomic E-state index is -0.559. The summed E-state index contributed by atoms with van der Waals surface area (Å²) in [7, 11) is 0. The first-order chi connectivity index (χ1) is 13.2. The maximum Gasteiger partial charge on any atom is 0.231 e. The van der Waals surface area contributed by atoms with Gasteiger partial charge >= 0.3 is 0 Å². The minimum absolute atomic E-state index is 0.120. The first-order valence-corrected chi connectivity index (χ1v) is 10.0. The van der Waals surface area contributed by atoms with Crippen LogP contribution < -0.4 is 15.4 Å². The molecule has 2 aromatic rings. The van der Waals surface area contributed by atoms with Gasteiger partial charge in [-0.15, -0.1) is 0 Å². The Balaban J connectivity index is 1.79. The van der Waals surface area contributed by atoms with E-state index >= 15 is 0 Å². The van der Waals surface area contributed by atoms with E-state index < -0.39 is 5.41 Å². The number of aryl methyl sites for hydroxylation is 2. The number of hydrogen-bond donors (Lipinski definition) is 2. The van der Waals surface area contributed by atoms with Crippen LogP contribution >= 0.6 is 23.8 Å². The van der Waals surface area contributed by atoms with E-state index in [2.05, 4.69) is 22.8 Å². The number of thiocarbonyl (C=S) groups is 1. The van der Waals surface area contributed by atoms with Gasteiger partial charge in [0.1, 0.15) is 5.75 Å². The number of rotatable bonds is 7. The van der Waals surface area contributed by atoms with Crippen LogP contribution in [-0.4, -0.2) is 17.6 Å². The molecule has 0 aromatic heterocycles. The number of amides is 1. The fourth-order valence-electron chi connectivity index (χ4n) is 2.64. The van der Waals surface area contributed by atoms with E-state index in [0.29, 0.717) is 18.1 Å². The summed E-state index contributed by atoms with van der Waals surface area (Å²) < 4.78 is 5.88. The Kier molecular flexibility index (Phi) is 7.84. The third-order valence-corrected chi connectivity index (χ3v) is 4.95. The second-order valence-corrected chi connectivity index (χ2v) is 8.36. The lowest BCUT2D eigenvalue weighted by atomic mass is 9.87. The monoisotopic (exact) mass is 418 g/mol. The normalized spacial score (nSPS) is 11.0.